The molecule has 0 radical (unpaired) electrons. The summed E-state index contributed by atoms with van der Waals surface area (Å²) in [5.41, 5.74) is 1.27. The lowest BCUT2D eigenvalue weighted by molar-refractivity contribution is 0.146. The van der Waals surface area contributed by atoms with Gasteiger partial charge in [-0.2, -0.15) is 5.26 Å². The standard InChI is InChI=1S/C19H23NOSSi/c1-16-10-12-18(13-11-16)22-15-19(14-20,21-23(2,3)4)17-8-6-5-7-9-17/h5-13H,15H2,1-4H3/t19-/m0/s1. The Bertz CT molecular complexity index is 673. The SMILES string of the molecule is Cc1ccc(SC[C@](C#N)(O[Si](C)(C)C)c2ccccc2)cc1. The van der Waals surface area contributed by atoms with Gasteiger partial charge in [-0.15, -0.1) is 11.8 Å². The minimum Gasteiger partial charge on any atom is -0.396 e. The lowest BCUT2D eigenvalue weighted by Gasteiger charge is -2.34. The lowest BCUT2D eigenvalue weighted by atomic mass is 9.98. The first-order chi connectivity index (χ1) is 10.8. The van der Waals surface area contributed by atoms with Gasteiger partial charge in [-0.3, -0.25) is 0 Å². The molecule has 4 heteroatoms. The number of rotatable bonds is 6. The summed E-state index contributed by atoms with van der Waals surface area (Å²) >= 11 is 1.67. The van der Waals surface area contributed by atoms with Crippen LogP contribution in [-0.2, 0) is 10.0 Å². The van der Waals surface area contributed by atoms with Gasteiger partial charge < -0.3 is 4.43 Å². The van der Waals surface area contributed by atoms with Crippen molar-refractivity contribution in [2.24, 2.45) is 0 Å². The molecule has 0 N–H and O–H groups in total. The van der Waals surface area contributed by atoms with E-state index in [1.807, 2.05) is 30.3 Å². The summed E-state index contributed by atoms with van der Waals surface area (Å²) in [4.78, 5) is 1.16. The monoisotopic (exact) mass is 341 g/mol. The second-order valence-electron chi connectivity index (χ2n) is 6.62. The number of nitriles is 1. The zero-order valence-corrected chi connectivity index (χ0v) is 16.0. The van der Waals surface area contributed by atoms with Crippen molar-refractivity contribution < 1.29 is 4.43 Å². The normalized spacial score (nSPS) is 14.0. The quantitative estimate of drug-likeness (QED) is 0.524. The van der Waals surface area contributed by atoms with E-state index in [4.69, 9.17) is 4.43 Å². The molecule has 0 fully saturated rings. The van der Waals surface area contributed by atoms with Crippen LogP contribution < -0.4 is 0 Å². The molecule has 0 aliphatic heterocycles. The average molecular weight is 342 g/mol. The summed E-state index contributed by atoms with van der Waals surface area (Å²) in [6.45, 7) is 8.45. The van der Waals surface area contributed by atoms with Crippen molar-refractivity contribution in [2.45, 2.75) is 37.1 Å². The van der Waals surface area contributed by atoms with E-state index in [9.17, 15) is 5.26 Å². The number of hydrogen-bond acceptors (Lipinski definition) is 3. The number of nitrogens with zero attached hydrogens (tertiary/aromatic N) is 1. The van der Waals surface area contributed by atoms with Gasteiger partial charge in [0.05, 0.1) is 0 Å². The van der Waals surface area contributed by atoms with Crippen molar-refractivity contribution in [3.8, 4) is 6.07 Å². The fraction of sp³-hybridized carbons (Fsp3) is 0.316. The Hall–Kier alpha value is -1.54. The van der Waals surface area contributed by atoms with E-state index in [2.05, 4.69) is 56.9 Å². The molecule has 2 aromatic rings. The second-order valence-corrected chi connectivity index (χ2v) is 12.1. The number of hydrogen-bond donors (Lipinski definition) is 0. The van der Waals surface area contributed by atoms with Crippen LogP contribution in [0.2, 0.25) is 19.6 Å². The Labute approximate surface area is 144 Å². The van der Waals surface area contributed by atoms with Gasteiger partial charge in [0.15, 0.2) is 13.9 Å². The Morgan fingerprint density at radius 1 is 1.04 bits per heavy atom. The maximum Gasteiger partial charge on any atom is 0.186 e. The zero-order valence-electron chi connectivity index (χ0n) is 14.2. The van der Waals surface area contributed by atoms with Crippen LogP contribution in [0.25, 0.3) is 0 Å². The number of benzene rings is 2. The fourth-order valence-corrected chi connectivity index (χ4v) is 4.72. The van der Waals surface area contributed by atoms with Crippen molar-refractivity contribution in [2.75, 3.05) is 5.75 Å². The maximum absolute atomic E-state index is 9.95. The highest BCUT2D eigenvalue weighted by atomic mass is 32.2. The molecule has 2 aromatic carbocycles. The Kier molecular flexibility index (Phi) is 5.69. The van der Waals surface area contributed by atoms with Gasteiger partial charge in [-0.1, -0.05) is 48.0 Å². The third kappa shape index (κ3) is 4.97. The predicted octanol–water partition coefficient (Wildman–Crippen LogP) is 5.36. The first-order valence-electron chi connectivity index (χ1n) is 7.71. The highest BCUT2D eigenvalue weighted by Gasteiger charge is 2.38. The highest BCUT2D eigenvalue weighted by molar-refractivity contribution is 7.99. The predicted molar refractivity (Wildman–Crippen MR) is 100 cm³/mol. The van der Waals surface area contributed by atoms with Crippen LogP contribution in [0.15, 0.2) is 59.5 Å². The van der Waals surface area contributed by atoms with Crippen molar-refractivity contribution in [1.82, 2.24) is 0 Å². The summed E-state index contributed by atoms with van der Waals surface area (Å²) < 4.78 is 6.36. The molecule has 0 spiro atoms. The summed E-state index contributed by atoms with van der Waals surface area (Å²) in [5, 5.41) is 9.95. The molecular formula is C19H23NOSSi. The zero-order chi connectivity index (χ0) is 16.9. The Morgan fingerprint density at radius 2 is 1.65 bits per heavy atom. The third-order valence-electron chi connectivity index (χ3n) is 3.36. The van der Waals surface area contributed by atoms with Gasteiger partial charge in [0.1, 0.15) is 6.07 Å². The molecule has 23 heavy (non-hydrogen) atoms. The lowest BCUT2D eigenvalue weighted by Crippen LogP contribution is -2.41. The molecule has 120 valence electrons. The second kappa shape index (κ2) is 7.35. The molecule has 0 aromatic heterocycles. The first-order valence-corrected chi connectivity index (χ1v) is 12.1. The fourth-order valence-electron chi connectivity index (χ4n) is 2.34. The minimum atomic E-state index is -1.88. The smallest absolute Gasteiger partial charge is 0.186 e. The molecular weight excluding hydrogens is 318 g/mol. The summed E-state index contributed by atoms with van der Waals surface area (Å²) in [6.07, 6.45) is 0. The molecule has 0 bridgehead atoms. The van der Waals surface area contributed by atoms with Crippen LogP contribution >= 0.6 is 11.8 Å². The van der Waals surface area contributed by atoms with Crippen LogP contribution in [0.3, 0.4) is 0 Å². The van der Waals surface area contributed by atoms with E-state index in [-0.39, 0.29) is 0 Å². The highest BCUT2D eigenvalue weighted by Crippen LogP contribution is 2.35. The van der Waals surface area contributed by atoms with E-state index in [0.717, 1.165) is 10.5 Å². The summed E-state index contributed by atoms with van der Waals surface area (Å²) in [7, 11) is -1.88. The molecule has 2 nitrogen and oxygen atoms in total. The molecule has 0 heterocycles. The molecule has 0 amide bonds. The van der Waals surface area contributed by atoms with Gasteiger partial charge in [0, 0.05) is 10.6 Å². The van der Waals surface area contributed by atoms with Gasteiger partial charge in [-0.05, 0) is 44.3 Å². The number of thioether (sulfide) groups is 1. The van der Waals surface area contributed by atoms with Gasteiger partial charge in [-0.25, -0.2) is 0 Å². The van der Waals surface area contributed by atoms with E-state index in [0.29, 0.717) is 5.75 Å². The van der Waals surface area contributed by atoms with Crippen molar-refractivity contribution in [3.05, 3.63) is 65.7 Å². The van der Waals surface area contributed by atoms with Crippen LogP contribution in [-0.4, -0.2) is 14.1 Å². The largest absolute Gasteiger partial charge is 0.396 e. The third-order valence-corrected chi connectivity index (χ3v) is 5.48. The van der Waals surface area contributed by atoms with Gasteiger partial charge in [0.2, 0.25) is 0 Å². The van der Waals surface area contributed by atoms with E-state index < -0.39 is 13.9 Å². The molecule has 0 unspecified atom stereocenters. The van der Waals surface area contributed by atoms with Crippen molar-refractivity contribution >= 4 is 20.1 Å². The van der Waals surface area contributed by atoms with Crippen LogP contribution in [0.4, 0.5) is 0 Å². The van der Waals surface area contributed by atoms with Crippen molar-refractivity contribution in [3.63, 3.8) is 0 Å². The van der Waals surface area contributed by atoms with Crippen LogP contribution in [0.5, 0.6) is 0 Å². The molecule has 0 aliphatic rings. The van der Waals surface area contributed by atoms with Crippen LogP contribution in [0, 0.1) is 18.3 Å². The van der Waals surface area contributed by atoms with Gasteiger partial charge >= 0.3 is 0 Å². The molecule has 0 aliphatic carbocycles. The Balaban J connectivity index is 2.29. The average Bonchev–Trinajstić information content (AvgIpc) is 2.53. The topological polar surface area (TPSA) is 33.0 Å². The molecule has 2 rings (SSSR count). The minimum absolute atomic E-state index is 0.584. The van der Waals surface area contributed by atoms with E-state index >= 15 is 0 Å². The van der Waals surface area contributed by atoms with Crippen LogP contribution in [0.1, 0.15) is 11.1 Å². The van der Waals surface area contributed by atoms with Crippen molar-refractivity contribution in [1.29, 1.82) is 5.26 Å². The summed E-state index contributed by atoms with van der Waals surface area (Å²) in [6, 6.07) is 20.7. The summed E-state index contributed by atoms with van der Waals surface area (Å²) in [5.74, 6) is 0.584. The van der Waals surface area contributed by atoms with E-state index in [1.165, 1.54) is 5.56 Å². The molecule has 1 atom stereocenters. The molecule has 0 saturated carbocycles. The number of aryl methyl sites for hydroxylation is 1. The van der Waals surface area contributed by atoms with Gasteiger partial charge in [0.25, 0.3) is 0 Å². The first kappa shape index (κ1) is 17.8. The maximum atomic E-state index is 9.95. The molecule has 0 saturated heterocycles. The Morgan fingerprint density at radius 3 is 2.17 bits per heavy atom. The van der Waals surface area contributed by atoms with E-state index in [1.54, 1.807) is 11.8 Å².